The van der Waals surface area contributed by atoms with Gasteiger partial charge in [-0.15, -0.1) is 0 Å². The highest BCUT2D eigenvalue weighted by atomic mass is 16.2. The van der Waals surface area contributed by atoms with Crippen molar-refractivity contribution in [2.45, 2.75) is 39.8 Å². The van der Waals surface area contributed by atoms with E-state index in [0.29, 0.717) is 12.0 Å². The van der Waals surface area contributed by atoms with E-state index in [0.717, 1.165) is 31.7 Å². The summed E-state index contributed by atoms with van der Waals surface area (Å²) in [6.07, 6.45) is 5.03. The molecule has 2 aromatic rings. The molecule has 1 saturated heterocycles. The summed E-state index contributed by atoms with van der Waals surface area (Å²) in [4.78, 5) is 17.9. The fourth-order valence-electron chi connectivity index (χ4n) is 3.24. The molecule has 1 amide bonds. The van der Waals surface area contributed by atoms with Gasteiger partial charge in [0.15, 0.2) is 0 Å². The lowest BCUT2D eigenvalue weighted by atomic mass is 9.94. The number of fused-ring (bicyclic) bond motifs is 1. The van der Waals surface area contributed by atoms with Crippen LogP contribution in [0.3, 0.4) is 0 Å². The highest BCUT2D eigenvalue weighted by Gasteiger charge is 2.26. The molecule has 0 bridgehead atoms. The fourth-order valence-corrected chi connectivity index (χ4v) is 3.24. The number of pyridine rings is 1. The van der Waals surface area contributed by atoms with E-state index in [2.05, 4.69) is 46.9 Å². The van der Waals surface area contributed by atoms with Gasteiger partial charge < -0.3 is 14.6 Å². The molecular formula is C17H24N4O. The van der Waals surface area contributed by atoms with Crippen LogP contribution in [-0.2, 0) is 11.3 Å². The Morgan fingerprint density at radius 1 is 1.50 bits per heavy atom. The molecule has 0 saturated carbocycles. The number of amides is 1. The lowest BCUT2D eigenvalue weighted by Crippen LogP contribution is -2.49. The van der Waals surface area contributed by atoms with Gasteiger partial charge >= 0.3 is 0 Å². The Bertz CT molecular complexity index is 678. The first-order valence-corrected chi connectivity index (χ1v) is 7.96. The first kappa shape index (κ1) is 15.0. The lowest BCUT2D eigenvalue weighted by molar-refractivity contribution is -0.130. The van der Waals surface area contributed by atoms with E-state index in [-0.39, 0.29) is 5.91 Å². The van der Waals surface area contributed by atoms with Crippen LogP contribution < -0.4 is 5.32 Å². The lowest BCUT2D eigenvalue weighted by Gasteiger charge is -2.37. The molecular weight excluding hydrogens is 276 g/mol. The Kier molecular flexibility index (Phi) is 4.16. The first-order chi connectivity index (χ1) is 10.5. The Hall–Kier alpha value is -1.88. The van der Waals surface area contributed by atoms with E-state index in [1.165, 1.54) is 11.3 Å². The molecule has 22 heavy (non-hydrogen) atoms. The maximum Gasteiger partial charge on any atom is 0.219 e. The van der Waals surface area contributed by atoms with Crippen molar-refractivity contribution in [2.75, 3.05) is 13.1 Å². The number of hydrogen-bond donors (Lipinski definition) is 1. The van der Waals surface area contributed by atoms with Crippen molar-refractivity contribution in [2.24, 2.45) is 5.92 Å². The number of aromatic nitrogens is 2. The summed E-state index contributed by atoms with van der Waals surface area (Å²) in [5.74, 6) is 0.654. The van der Waals surface area contributed by atoms with Gasteiger partial charge in [-0.25, -0.2) is 4.98 Å². The minimum atomic E-state index is 0.183. The summed E-state index contributed by atoms with van der Waals surface area (Å²) in [6.45, 7) is 8.45. The molecule has 0 aliphatic carbocycles. The van der Waals surface area contributed by atoms with Crippen LogP contribution in [0.1, 0.15) is 31.5 Å². The second kappa shape index (κ2) is 6.08. The van der Waals surface area contributed by atoms with E-state index in [1.54, 1.807) is 6.92 Å². The molecule has 0 unspecified atom stereocenters. The minimum Gasteiger partial charge on any atom is -0.343 e. The van der Waals surface area contributed by atoms with Crippen molar-refractivity contribution in [3.63, 3.8) is 0 Å². The fraction of sp³-hybridized carbons (Fsp3) is 0.529. The van der Waals surface area contributed by atoms with Crippen LogP contribution in [0.5, 0.6) is 0 Å². The molecule has 0 spiro atoms. The predicted octanol–water partition coefficient (Wildman–Crippen LogP) is 1.99. The number of likely N-dealkylation sites (tertiary alicyclic amines) is 1. The molecule has 1 aliphatic heterocycles. The van der Waals surface area contributed by atoms with Crippen LogP contribution in [0.25, 0.3) is 5.65 Å². The number of carbonyl (C=O) groups excluding carboxylic acids is 1. The monoisotopic (exact) mass is 300 g/mol. The van der Waals surface area contributed by atoms with Crippen LogP contribution in [0.2, 0.25) is 0 Å². The van der Waals surface area contributed by atoms with E-state index in [4.69, 9.17) is 0 Å². The Morgan fingerprint density at radius 2 is 2.32 bits per heavy atom. The Balaban J connectivity index is 1.63. The van der Waals surface area contributed by atoms with Gasteiger partial charge in [0.2, 0.25) is 5.91 Å². The van der Waals surface area contributed by atoms with Crippen molar-refractivity contribution >= 4 is 11.6 Å². The Labute approximate surface area is 131 Å². The average molecular weight is 300 g/mol. The third-order valence-electron chi connectivity index (χ3n) is 4.64. The highest BCUT2D eigenvalue weighted by Crippen LogP contribution is 2.18. The van der Waals surface area contributed by atoms with Crippen LogP contribution >= 0.6 is 0 Å². The molecule has 0 radical (unpaired) electrons. The summed E-state index contributed by atoms with van der Waals surface area (Å²) in [7, 11) is 0. The van der Waals surface area contributed by atoms with E-state index in [9.17, 15) is 4.79 Å². The third kappa shape index (κ3) is 2.99. The van der Waals surface area contributed by atoms with Gasteiger partial charge in [-0.3, -0.25) is 4.79 Å². The maximum atomic E-state index is 11.5. The molecule has 2 atom stereocenters. The Morgan fingerprint density at radius 3 is 3.05 bits per heavy atom. The largest absolute Gasteiger partial charge is 0.343 e. The van der Waals surface area contributed by atoms with Gasteiger partial charge in [0.1, 0.15) is 5.65 Å². The normalized spacial score (nSPS) is 22.2. The first-order valence-electron chi connectivity index (χ1n) is 7.96. The number of hydrogen-bond acceptors (Lipinski definition) is 3. The number of nitrogens with one attached hydrogen (secondary N) is 1. The molecule has 5 heteroatoms. The molecule has 5 nitrogen and oxygen atoms in total. The maximum absolute atomic E-state index is 11.5. The summed E-state index contributed by atoms with van der Waals surface area (Å²) in [5.41, 5.74) is 3.40. The SMILES string of the molecule is CC(=O)N1CC[C@H](NCc2cnc3cc(C)ccn23)[C@H](C)C1. The van der Waals surface area contributed by atoms with E-state index in [1.807, 2.05) is 11.1 Å². The number of nitrogens with zero attached hydrogens (tertiary/aromatic N) is 3. The van der Waals surface area contributed by atoms with Gasteiger partial charge in [-0.05, 0) is 37.0 Å². The van der Waals surface area contributed by atoms with Crippen molar-refractivity contribution < 1.29 is 4.79 Å². The molecule has 0 aromatic carbocycles. The quantitative estimate of drug-likeness (QED) is 0.943. The van der Waals surface area contributed by atoms with E-state index < -0.39 is 0 Å². The molecule has 1 N–H and O–H groups in total. The number of aryl methyl sites for hydroxylation is 1. The van der Waals surface area contributed by atoms with Crippen molar-refractivity contribution in [3.8, 4) is 0 Å². The zero-order valence-corrected chi connectivity index (χ0v) is 13.5. The van der Waals surface area contributed by atoms with Crippen LogP contribution in [0, 0.1) is 12.8 Å². The van der Waals surface area contributed by atoms with Crippen LogP contribution in [0.4, 0.5) is 0 Å². The van der Waals surface area contributed by atoms with Crippen molar-refractivity contribution in [1.82, 2.24) is 19.6 Å². The van der Waals surface area contributed by atoms with Gasteiger partial charge in [0.05, 0.1) is 11.9 Å². The highest BCUT2D eigenvalue weighted by molar-refractivity contribution is 5.73. The molecule has 2 aromatic heterocycles. The average Bonchev–Trinajstić information content (AvgIpc) is 2.88. The van der Waals surface area contributed by atoms with E-state index >= 15 is 0 Å². The second-order valence-electron chi connectivity index (χ2n) is 6.40. The predicted molar refractivity (Wildman–Crippen MR) is 86.6 cm³/mol. The van der Waals surface area contributed by atoms with Gasteiger partial charge in [0, 0.05) is 38.8 Å². The minimum absolute atomic E-state index is 0.183. The van der Waals surface area contributed by atoms with Crippen molar-refractivity contribution in [1.29, 1.82) is 0 Å². The number of imidazole rings is 1. The molecule has 1 fully saturated rings. The number of carbonyl (C=O) groups is 1. The molecule has 3 rings (SSSR count). The van der Waals surface area contributed by atoms with Crippen LogP contribution in [-0.4, -0.2) is 39.3 Å². The summed E-state index contributed by atoms with van der Waals surface area (Å²) >= 11 is 0. The zero-order chi connectivity index (χ0) is 15.7. The number of piperidine rings is 1. The topological polar surface area (TPSA) is 49.6 Å². The standard InChI is InChI=1S/C17H24N4O/c1-12-4-7-21-15(10-19-17(21)8-12)9-18-16-5-6-20(14(3)22)11-13(16)2/h4,7-8,10,13,16,18H,5-6,9,11H2,1-3H3/t13-,16+/m1/s1. The van der Waals surface area contributed by atoms with Gasteiger partial charge in [0.25, 0.3) is 0 Å². The summed E-state index contributed by atoms with van der Waals surface area (Å²) in [6, 6.07) is 4.65. The summed E-state index contributed by atoms with van der Waals surface area (Å²) < 4.78 is 2.13. The van der Waals surface area contributed by atoms with Crippen LogP contribution in [0.15, 0.2) is 24.5 Å². The molecule has 1 aliphatic rings. The van der Waals surface area contributed by atoms with Gasteiger partial charge in [-0.2, -0.15) is 0 Å². The molecule has 3 heterocycles. The molecule has 118 valence electrons. The smallest absolute Gasteiger partial charge is 0.219 e. The third-order valence-corrected chi connectivity index (χ3v) is 4.64. The number of rotatable bonds is 3. The van der Waals surface area contributed by atoms with Crippen molar-refractivity contribution in [3.05, 3.63) is 35.8 Å². The second-order valence-corrected chi connectivity index (χ2v) is 6.40. The zero-order valence-electron chi connectivity index (χ0n) is 13.5. The summed E-state index contributed by atoms with van der Waals surface area (Å²) in [5, 5.41) is 3.64. The van der Waals surface area contributed by atoms with Gasteiger partial charge in [-0.1, -0.05) is 6.92 Å².